The lowest BCUT2D eigenvalue weighted by molar-refractivity contribution is 0.626. The lowest BCUT2D eigenvalue weighted by Crippen LogP contribution is -2.08. The maximum absolute atomic E-state index is 13.0. The van der Waals surface area contributed by atoms with Crippen molar-refractivity contribution in [3.05, 3.63) is 54.6 Å². The first-order valence-electron chi connectivity index (χ1n) is 6.46. The molecule has 0 unspecified atom stereocenters. The zero-order valence-corrected chi connectivity index (χ0v) is 11.2. The number of benzene rings is 1. The van der Waals surface area contributed by atoms with Crippen molar-refractivity contribution in [3.63, 3.8) is 0 Å². The molecule has 0 N–H and O–H groups in total. The molecule has 9 heteroatoms. The van der Waals surface area contributed by atoms with E-state index in [2.05, 4.69) is 30.5 Å². The molecular formula is C13H9FN8. The molecule has 108 valence electrons. The molecule has 4 rings (SSSR count). The lowest BCUT2D eigenvalue weighted by Gasteiger charge is -2.05. The van der Waals surface area contributed by atoms with E-state index in [4.69, 9.17) is 0 Å². The third kappa shape index (κ3) is 2.08. The molecule has 1 aromatic carbocycles. The van der Waals surface area contributed by atoms with Crippen molar-refractivity contribution < 1.29 is 4.39 Å². The van der Waals surface area contributed by atoms with E-state index in [-0.39, 0.29) is 5.82 Å². The van der Waals surface area contributed by atoms with Gasteiger partial charge in [-0.2, -0.15) is 4.68 Å². The summed E-state index contributed by atoms with van der Waals surface area (Å²) in [5, 5.41) is 11.6. The highest BCUT2D eigenvalue weighted by Gasteiger charge is 2.12. The highest BCUT2D eigenvalue weighted by Crippen LogP contribution is 2.12. The maximum Gasteiger partial charge on any atom is 0.197 e. The average molecular weight is 296 g/mol. The van der Waals surface area contributed by atoms with Gasteiger partial charge in [0.15, 0.2) is 17.1 Å². The van der Waals surface area contributed by atoms with Gasteiger partial charge in [0, 0.05) is 12.4 Å². The van der Waals surface area contributed by atoms with Crippen LogP contribution in [0.1, 0.15) is 5.82 Å². The van der Waals surface area contributed by atoms with Gasteiger partial charge in [-0.3, -0.25) is 0 Å². The quantitative estimate of drug-likeness (QED) is 0.560. The Morgan fingerprint density at radius 1 is 1.00 bits per heavy atom. The van der Waals surface area contributed by atoms with Gasteiger partial charge in [-0.25, -0.2) is 19.3 Å². The molecule has 0 aliphatic rings. The predicted octanol–water partition coefficient (Wildman–Crippen LogP) is 0.989. The molecule has 8 nitrogen and oxygen atoms in total. The lowest BCUT2D eigenvalue weighted by atomic mass is 10.3. The maximum atomic E-state index is 13.0. The van der Waals surface area contributed by atoms with Gasteiger partial charge in [0.05, 0.1) is 18.6 Å². The van der Waals surface area contributed by atoms with Crippen LogP contribution in [0, 0.1) is 5.82 Å². The highest BCUT2D eigenvalue weighted by atomic mass is 19.1. The molecule has 0 spiro atoms. The molecule has 22 heavy (non-hydrogen) atoms. The number of fused-ring (bicyclic) bond motifs is 1. The summed E-state index contributed by atoms with van der Waals surface area (Å²) in [6.45, 7) is 0.375. The van der Waals surface area contributed by atoms with Crippen LogP contribution in [-0.4, -0.2) is 39.7 Å². The van der Waals surface area contributed by atoms with E-state index in [1.807, 2.05) is 0 Å². The summed E-state index contributed by atoms with van der Waals surface area (Å²) in [7, 11) is 0. The fraction of sp³-hybridized carbons (Fsp3) is 0.0769. The zero-order chi connectivity index (χ0) is 14.9. The number of tetrazole rings is 1. The van der Waals surface area contributed by atoms with Crippen LogP contribution >= 0.6 is 0 Å². The van der Waals surface area contributed by atoms with Gasteiger partial charge in [0.2, 0.25) is 0 Å². The Morgan fingerprint density at radius 3 is 2.68 bits per heavy atom. The van der Waals surface area contributed by atoms with Gasteiger partial charge in [0.25, 0.3) is 0 Å². The van der Waals surface area contributed by atoms with Crippen molar-refractivity contribution in [2.45, 2.75) is 6.54 Å². The zero-order valence-electron chi connectivity index (χ0n) is 11.2. The Bertz CT molecular complexity index is 927. The van der Waals surface area contributed by atoms with Gasteiger partial charge in [-0.15, -0.1) is 5.10 Å². The number of hydrogen-bond acceptors (Lipinski definition) is 6. The second-order valence-electron chi connectivity index (χ2n) is 4.56. The molecule has 3 heterocycles. The van der Waals surface area contributed by atoms with Crippen molar-refractivity contribution in [1.82, 2.24) is 39.7 Å². The van der Waals surface area contributed by atoms with E-state index in [1.54, 1.807) is 40.1 Å². The number of hydrogen-bond donors (Lipinski definition) is 0. The molecule has 0 bridgehead atoms. The van der Waals surface area contributed by atoms with Crippen LogP contribution in [0.3, 0.4) is 0 Å². The van der Waals surface area contributed by atoms with E-state index in [1.165, 1.54) is 12.1 Å². The molecule has 0 fully saturated rings. The van der Waals surface area contributed by atoms with Crippen LogP contribution in [0.4, 0.5) is 4.39 Å². The number of halogens is 1. The molecule has 0 radical (unpaired) electrons. The number of imidazole rings is 1. The van der Waals surface area contributed by atoms with Crippen LogP contribution in [0.25, 0.3) is 17.0 Å². The number of nitrogens with zero attached hydrogens (tertiary/aromatic N) is 8. The minimum atomic E-state index is -0.311. The van der Waals surface area contributed by atoms with E-state index in [0.29, 0.717) is 29.4 Å². The first-order valence-corrected chi connectivity index (χ1v) is 6.46. The van der Waals surface area contributed by atoms with E-state index < -0.39 is 0 Å². The molecule has 0 aliphatic heterocycles. The van der Waals surface area contributed by atoms with Crippen LogP contribution < -0.4 is 0 Å². The third-order valence-electron chi connectivity index (χ3n) is 3.17. The van der Waals surface area contributed by atoms with Gasteiger partial charge < -0.3 is 4.57 Å². The van der Waals surface area contributed by atoms with Gasteiger partial charge in [-0.1, -0.05) is 0 Å². The van der Waals surface area contributed by atoms with Crippen LogP contribution in [-0.2, 0) is 6.54 Å². The number of aromatic nitrogens is 8. The Kier molecular flexibility index (Phi) is 2.81. The molecule has 0 saturated heterocycles. The molecular weight excluding hydrogens is 287 g/mol. The third-order valence-corrected chi connectivity index (χ3v) is 3.17. The summed E-state index contributed by atoms with van der Waals surface area (Å²) < 4.78 is 16.4. The largest absolute Gasteiger partial charge is 0.306 e. The Balaban J connectivity index is 1.72. The van der Waals surface area contributed by atoms with Gasteiger partial charge in [-0.05, 0) is 34.7 Å². The standard InChI is InChI=1S/C13H9FN8/c14-9-1-3-10(4-2-9)22-11(18-19-20-22)7-21-8-17-12-13(21)16-6-5-15-12/h1-6,8H,7H2. The van der Waals surface area contributed by atoms with Gasteiger partial charge >= 0.3 is 0 Å². The SMILES string of the molecule is Fc1ccc(-n2nnnc2Cn2cnc3nccnc32)cc1. The van der Waals surface area contributed by atoms with Crippen LogP contribution in [0.2, 0.25) is 0 Å². The highest BCUT2D eigenvalue weighted by molar-refractivity contribution is 5.64. The normalized spacial score (nSPS) is 11.1. The summed E-state index contributed by atoms with van der Waals surface area (Å²) >= 11 is 0. The number of rotatable bonds is 3. The molecule has 0 aliphatic carbocycles. The van der Waals surface area contributed by atoms with Crippen molar-refractivity contribution in [1.29, 1.82) is 0 Å². The van der Waals surface area contributed by atoms with Gasteiger partial charge in [0.1, 0.15) is 5.82 Å². The topological polar surface area (TPSA) is 87.2 Å². The fourth-order valence-corrected chi connectivity index (χ4v) is 2.15. The fourth-order valence-electron chi connectivity index (χ4n) is 2.15. The summed E-state index contributed by atoms with van der Waals surface area (Å²) in [6, 6.07) is 5.94. The first-order chi connectivity index (χ1) is 10.8. The second kappa shape index (κ2) is 4.95. The first kappa shape index (κ1) is 12.5. The second-order valence-corrected chi connectivity index (χ2v) is 4.56. The average Bonchev–Trinajstić information content (AvgIpc) is 3.16. The molecule has 4 aromatic rings. The summed E-state index contributed by atoms with van der Waals surface area (Å²) in [5.41, 5.74) is 1.89. The minimum absolute atomic E-state index is 0.311. The van der Waals surface area contributed by atoms with Crippen LogP contribution in [0.5, 0.6) is 0 Å². The van der Waals surface area contributed by atoms with Crippen molar-refractivity contribution >= 4 is 11.3 Å². The van der Waals surface area contributed by atoms with E-state index in [9.17, 15) is 4.39 Å². The summed E-state index contributed by atoms with van der Waals surface area (Å²) in [4.78, 5) is 12.5. The minimum Gasteiger partial charge on any atom is -0.306 e. The van der Waals surface area contributed by atoms with Crippen LogP contribution in [0.15, 0.2) is 43.0 Å². The summed E-state index contributed by atoms with van der Waals surface area (Å²) in [5.74, 6) is 0.269. The van der Waals surface area contributed by atoms with Crippen molar-refractivity contribution in [2.75, 3.05) is 0 Å². The Labute approximate surface area is 123 Å². The van der Waals surface area contributed by atoms with E-state index in [0.717, 1.165) is 0 Å². The molecule has 0 atom stereocenters. The monoisotopic (exact) mass is 296 g/mol. The summed E-state index contributed by atoms with van der Waals surface area (Å²) in [6.07, 6.45) is 4.82. The van der Waals surface area contributed by atoms with E-state index >= 15 is 0 Å². The smallest absolute Gasteiger partial charge is 0.197 e. The Hall–Kier alpha value is -3.23. The molecule has 3 aromatic heterocycles. The molecule has 0 amide bonds. The predicted molar refractivity (Wildman–Crippen MR) is 73.5 cm³/mol. The van der Waals surface area contributed by atoms with Crippen molar-refractivity contribution in [3.8, 4) is 5.69 Å². The molecule has 0 saturated carbocycles. The van der Waals surface area contributed by atoms with Crippen molar-refractivity contribution in [2.24, 2.45) is 0 Å². The Morgan fingerprint density at radius 2 is 1.82 bits per heavy atom.